The van der Waals surface area contributed by atoms with Gasteiger partial charge >= 0.3 is 0 Å². The molecule has 28 heavy (non-hydrogen) atoms. The van der Waals surface area contributed by atoms with Crippen LogP contribution in [0.4, 0.5) is 5.69 Å². The summed E-state index contributed by atoms with van der Waals surface area (Å²) in [6.07, 6.45) is 4.36. The minimum atomic E-state index is 0.744. The van der Waals surface area contributed by atoms with Gasteiger partial charge in [-0.3, -0.25) is 0 Å². The second kappa shape index (κ2) is 13.9. The number of halogens is 1. The van der Waals surface area contributed by atoms with Gasteiger partial charge in [-0.2, -0.15) is 0 Å². The number of nitrogens with zero attached hydrogens (tertiary/aromatic N) is 1. The fourth-order valence-electron chi connectivity index (χ4n) is 3.00. The average molecular weight is 421 g/mol. The lowest BCUT2D eigenvalue weighted by atomic mass is 10.2. The fourth-order valence-corrected chi connectivity index (χ4v) is 4.10. The molecule has 0 aromatic heterocycles. The van der Waals surface area contributed by atoms with Crippen LogP contribution in [0.2, 0.25) is 5.02 Å². The Balaban J connectivity index is 1.86. The molecule has 0 amide bonds. The molecule has 154 valence electrons. The van der Waals surface area contributed by atoms with Gasteiger partial charge in [0.05, 0.1) is 0 Å². The number of nitrogens with two attached hydrogens (primary N) is 2. The summed E-state index contributed by atoms with van der Waals surface area (Å²) in [4.78, 5) is 4.92. The summed E-state index contributed by atoms with van der Waals surface area (Å²) >= 11 is 7.99. The smallest absolute Gasteiger partial charge is 0.0496 e. The molecule has 2 rings (SSSR count). The van der Waals surface area contributed by atoms with Gasteiger partial charge in [-0.05, 0) is 88.7 Å². The normalized spacial score (nSPS) is 11.1. The molecule has 0 radical (unpaired) electrons. The first-order valence-corrected chi connectivity index (χ1v) is 11.3. The van der Waals surface area contributed by atoms with E-state index in [4.69, 9.17) is 23.1 Å². The average Bonchev–Trinajstić information content (AvgIpc) is 2.71. The number of anilines is 1. The van der Waals surface area contributed by atoms with Gasteiger partial charge in [0.2, 0.25) is 0 Å². The maximum absolute atomic E-state index is 6.23. The fraction of sp³-hybridized carbons (Fsp3) is 0.455. The predicted octanol–water partition coefficient (Wildman–Crippen LogP) is 4.68. The topological polar surface area (TPSA) is 67.3 Å². The Kier molecular flexibility index (Phi) is 11.4. The molecule has 5 N–H and O–H groups in total. The van der Waals surface area contributed by atoms with Crippen LogP contribution >= 0.6 is 23.4 Å². The lowest BCUT2D eigenvalue weighted by molar-refractivity contribution is 0.266. The van der Waals surface area contributed by atoms with E-state index in [0.29, 0.717) is 0 Å². The molecule has 0 saturated carbocycles. The third-order valence-corrected chi connectivity index (χ3v) is 5.80. The first-order valence-electron chi connectivity index (χ1n) is 10.1. The molecule has 6 heteroatoms. The third kappa shape index (κ3) is 8.84. The Hall–Kier alpha value is -1.24. The van der Waals surface area contributed by atoms with Crippen LogP contribution in [0.25, 0.3) is 0 Å². The second-order valence-electron chi connectivity index (χ2n) is 6.82. The van der Waals surface area contributed by atoms with Gasteiger partial charge < -0.3 is 21.7 Å². The molecular weight excluding hydrogens is 388 g/mol. The summed E-state index contributed by atoms with van der Waals surface area (Å²) < 4.78 is 0. The zero-order chi connectivity index (χ0) is 20.0. The molecule has 2 aromatic rings. The molecule has 0 spiro atoms. The number of unbranched alkanes of at least 4 members (excludes halogenated alkanes) is 1. The number of hydrogen-bond donors (Lipinski definition) is 3. The van der Waals surface area contributed by atoms with Gasteiger partial charge in [0.15, 0.2) is 0 Å². The molecule has 0 saturated heterocycles. The SMILES string of the molecule is NCCCCN(CCCN)CCCNc1cc(Cl)ccc1Sc1ccccc1. The first-order chi connectivity index (χ1) is 13.7. The van der Waals surface area contributed by atoms with Crippen molar-refractivity contribution < 1.29 is 0 Å². The number of rotatable bonds is 14. The number of nitrogens with one attached hydrogen (secondary N) is 1. The lowest BCUT2D eigenvalue weighted by Gasteiger charge is -2.22. The van der Waals surface area contributed by atoms with Crippen LogP contribution in [0.5, 0.6) is 0 Å². The number of benzene rings is 2. The highest BCUT2D eigenvalue weighted by Gasteiger charge is 2.07. The Morgan fingerprint density at radius 2 is 1.57 bits per heavy atom. The van der Waals surface area contributed by atoms with E-state index in [1.54, 1.807) is 11.8 Å². The largest absolute Gasteiger partial charge is 0.384 e. The molecule has 0 heterocycles. The highest BCUT2D eigenvalue weighted by Crippen LogP contribution is 2.35. The van der Waals surface area contributed by atoms with Crippen LogP contribution in [0.3, 0.4) is 0 Å². The van der Waals surface area contributed by atoms with Crippen molar-refractivity contribution in [2.45, 2.75) is 35.5 Å². The van der Waals surface area contributed by atoms with Crippen molar-refractivity contribution in [2.75, 3.05) is 44.6 Å². The minimum absolute atomic E-state index is 0.744. The van der Waals surface area contributed by atoms with Gasteiger partial charge in [0.25, 0.3) is 0 Å². The molecule has 0 atom stereocenters. The van der Waals surface area contributed by atoms with Crippen molar-refractivity contribution in [1.29, 1.82) is 0 Å². The third-order valence-electron chi connectivity index (χ3n) is 4.49. The standard InChI is InChI=1S/C22H33ClN4S/c23-19-10-11-22(28-20-8-2-1-3-9-20)21(18-19)26-14-7-17-27(16-6-13-25)15-5-4-12-24/h1-3,8-11,18,26H,4-7,12-17,24-25H2. The van der Waals surface area contributed by atoms with E-state index in [0.717, 1.165) is 75.7 Å². The molecule has 0 bridgehead atoms. The van der Waals surface area contributed by atoms with Crippen LogP contribution in [0.15, 0.2) is 58.3 Å². The monoisotopic (exact) mass is 420 g/mol. The molecule has 0 aliphatic heterocycles. The van der Waals surface area contributed by atoms with Crippen LogP contribution in [-0.4, -0.2) is 44.2 Å². The molecule has 4 nitrogen and oxygen atoms in total. The maximum Gasteiger partial charge on any atom is 0.0496 e. The molecular formula is C22H33ClN4S. The lowest BCUT2D eigenvalue weighted by Crippen LogP contribution is -2.30. The summed E-state index contributed by atoms with van der Waals surface area (Å²) in [7, 11) is 0. The molecule has 0 aliphatic rings. The maximum atomic E-state index is 6.23. The summed E-state index contributed by atoms with van der Waals surface area (Å²) in [5, 5.41) is 4.33. The zero-order valence-electron chi connectivity index (χ0n) is 16.6. The number of hydrogen-bond acceptors (Lipinski definition) is 5. The van der Waals surface area contributed by atoms with Gasteiger partial charge in [0, 0.05) is 27.0 Å². The van der Waals surface area contributed by atoms with E-state index in [2.05, 4.69) is 40.5 Å². The van der Waals surface area contributed by atoms with Crippen molar-refractivity contribution in [1.82, 2.24) is 4.90 Å². The van der Waals surface area contributed by atoms with Crippen LogP contribution in [0, 0.1) is 0 Å². The Bertz CT molecular complexity index is 669. The summed E-state index contributed by atoms with van der Waals surface area (Å²) in [6.45, 7) is 5.66. The van der Waals surface area contributed by atoms with E-state index in [1.165, 1.54) is 9.79 Å². The van der Waals surface area contributed by atoms with E-state index in [-0.39, 0.29) is 0 Å². The van der Waals surface area contributed by atoms with Crippen molar-refractivity contribution in [3.8, 4) is 0 Å². The van der Waals surface area contributed by atoms with Crippen LogP contribution in [-0.2, 0) is 0 Å². The van der Waals surface area contributed by atoms with Crippen molar-refractivity contribution in [2.24, 2.45) is 11.5 Å². The van der Waals surface area contributed by atoms with E-state index in [1.807, 2.05) is 18.2 Å². The van der Waals surface area contributed by atoms with E-state index in [9.17, 15) is 0 Å². The van der Waals surface area contributed by atoms with Gasteiger partial charge in [-0.15, -0.1) is 0 Å². The Morgan fingerprint density at radius 1 is 0.857 bits per heavy atom. The summed E-state index contributed by atoms with van der Waals surface area (Å²) in [5.41, 5.74) is 12.4. The Morgan fingerprint density at radius 3 is 2.32 bits per heavy atom. The zero-order valence-corrected chi connectivity index (χ0v) is 18.2. The van der Waals surface area contributed by atoms with E-state index < -0.39 is 0 Å². The van der Waals surface area contributed by atoms with Crippen molar-refractivity contribution in [3.63, 3.8) is 0 Å². The molecule has 2 aromatic carbocycles. The van der Waals surface area contributed by atoms with Crippen molar-refractivity contribution in [3.05, 3.63) is 53.6 Å². The van der Waals surface area contributed by atoms with Crippen molar-refractivity contribution >= 4 is 29.1 Å². The van der Waals surface area contributed by atoms with Crippen LogP contribution < -0.4 is 16.8 Å². The van der Waals surface area contributed by atoms with Gasteiger partial charge in [-0.1, -0.05) is 41.6 Å². The van der Waals surface area contributed by atoms with Gasteiger partial charge in [-0.25, -0.2) is 0 Å². The van der Waals surface area contributed by atoms with Gasteiger partial charge in [0.1, 0.15) is 0 Å². The summed E-state index contributed by atoms with van der Waals surface area (Å²) in [5.74, 6) is 0. The highest BCUT2D eigenvalue weighted by atomic mass is 35.5. The molecule has 0 fully saturated rings. The molecule has 0 aliphatic carbocycles. The first kappa shape index (κ1) is 23.0. The quantitative estimate of drug-likeness (QED) is 0.387. The van der Waals surface area contributed by atoms with E-state index >= 15 is 0 Å². The second-order valence-corrected chi connectivity index (χ2v) is 8.37. The predicted molar refractivity (Wildman–Crippen MR) is 124 cm³/mol. The Labute approximate surface area is 179 Å². The minimum Gasteiger partial charge on any atom is -0.384 e. The summed E-state index contributed by atoms with van der Waals surface area (Å²) in [6, 6.07) is 16.5. The van der Waals surface area contributed by atoms with Crippen LogP contribution in [0.1, 0.15) is 25.7 Å². The molecule has 0 unspecified atom stereocenters. The highest BCUT2D eigenvalue weighted by molar-refractivity contribution is 7.99.